The molecular weight excluding hydrogens is 1120 g/mol. The first-order chi connectivity index (χ1) is 42.6. The summed E-state index contributed by atoms with van der Waals surface area (Å²) in [5.74, 6) is -3.32. The molecule has 1 aromatic heterocycles. The highest BCUT2D eigenvalue weighted by molar-refractivity contribution is 6.28. The number of aromatic nitrogens is 2. The van der Waals surface area contributed by atoms with E-state index in [2.05, 4.69) is 36.5 Å². The van der Waals surface area contributed by atoms with Gasteiger partial charge in [-0.2, -0.15) is 0 Å². The molecule has 9 amide bonds. The van der Waals surface area contributed by atoms with Crippen molar-refractivity contribution in [2.75, 3.05) is 70.5 Å². The predicted octanol–water partition coefficient (Wildman–Crippen LogP) is 6.68. The number of rotatable bonds is 29. The van der Waals surface area contributed by atoms with E-state index in [-0.39, 0.29) is 56.2 Å². The number of unbranched alkanes of at least 4 members (excludes halogenated alkanes) is 2. The van der Waals surface area contributed by atoms with Crippen LogP contribution in [0.2, 0.25) is 0 Å². The van der Waals surface area contributed by atoms with Gasteiger partial charge in [0.25, 0.3) is 23.6 Å². The molecule has 88 heavy (non-hydrogen) atoms. The Morgan fingerprint density at radius 2 is 1.25 bits per heavy atom. The van der Waals surface area contributed by atoms with Crippen molar-refractivity contribution >= 4 is 92.6 Å². The Balaban J connectivity index is 0.709. The second-order valence-corrected chi connectivity index (χ2v) is 21.7. The molecule has 9 rings (SSSR count). The van der Waals surface area contributed by atoms with Crippen LogP contribution in [0.4, 0.5) is 16.2 Å². The Morgan fingerprint density at radius 1 is 0.625 bits per heavy atom. The summed E-state index contributed by atoms with van der Waals surface area (Å²) in [5, 5.41) is 16.1. The van der Waals surface area contributed by atoms with Crippen LogP contribution in [0, 0.1) is 0 Å². The Kier molecular flexibility index (Phi) is 20.7. The SMILES string of the molecule is CC(NC(=O)CCCCCNC(=O)/C=C\C=O)C(=O)N[C@@H](Cc1ccccc1)C(=O)Nc1ccc(COC(=O)Nc2ccc3c4c(cccc24)C(=O)N(CCN(C)CCCN(C)CCN2C(=O)c4cccc5c(-n6ccnc6)ccc(c45)C2=O)C3=O)cc1. The van der Waals surface area contributed by atoms with E-state index in [9.17, 15) is 47.9 Å². The Morgan fingerprint density at radius 3 is 1.89 bits per heavy atom. The van der Waals surface area contributed by atoms with Gasteiger partial charge in [-0.1, -0.05) is 73.2 Å². The molecule has 0 aliphatic carbocycles. The molecule has 2 atom stereocenters. The summed E-state index contributed by atoms with van der Waals surface area (Å²) in [5.41, 5.74) is 4.60. The molecule has 0 radical (unpaired) electrons. The fourth-order valence-corrected chi connectivity index (χ4v) is 10.7. The first-order valence-corrected chi connectivity index (χ1v) is 29.1. The quantitative estimate of drug-likeness (QED) is 0.0142. The Bertz CT molecular complexity index is 3750. The van der Waals surface area contributed by atoms with Crippen molar-refractivity contribution < 1.29 is 52.7 Å². The van der Waals surface area contributed by atoms with Gasteiger partial charge in [0.1, 0.15) is 25.0 Å². The molecule has 3 heterocycles. The lowest BCUT2D eigenvalue weighted by atomic mass is 9.93. The maximum absolute atomic E-state index is 14.0. The van der Waals surface area contributed by atoms with Crippen molar-refractivity contribution in [2.24, 2.45) is 0 Å². The van der Waals surface area contributed by atoms with Crippen LogP contribution >= 0.6 is 0 Å². The summed E-state index contributed by atoms with van der Waals surface area (Å²) in [6, 6.07) is 31.2. The van der Waals surface area contributed by atoms with E-state index in [0.717, 1.165) is 35.2 Å². The second kappa shape index (κ2) is 29.3. The second-order valence-electron chi connectivity index (χ2n) is 21.7. The molecule has 0 bridgehead atoms. The number of carbonyl (C=O) groups excluding carboxylic acids is 10. The third kappa shape index (κ3) is 15.2. The number of benzene rings is 6. The van der Waals surface area contributed by atoms with E-state index < -0.39 is 41.8 Å². The molecule has 0 fully saturated rings. The molecule has 1 unspecified atom stereocenters. The number of aldehydes is 1. The zero-order valence-corrected chi connectivity index (χ0v) is 49.2. The van der Waals surface area contributed by atoms with Crippen LogP contribution in [0.3, 0.4) is 0 Å². The predicted molar refractivity (Wildman–Crippen MR) is 331 cm³/mol. The lowest BCUT2D eigenvalue weighted by molar-refractivity contribution is -0.130. The highest BCUT2D eigenvalue weighted by Crippen LogP contribution is 2.36. The first-order valence-electron chi connectivity index (χ1n) is 29.1. The molecule has 0 spiro atoms. The minimum atomic E-state index is -1.01. The molecule has 6 aromatic carbocycles. The summed E-state index contributed by atoms with van der Waals surface area (Å²) in [6.45, 7) is 4.35. The standard InChI is InChI=1S/C66H69N11O11/c1-43(69-57(80)20-8-5-9-30-68-56(79)21-12-39-78)60(81)71-54(40-44-14-6-4-7-15-44)61(82)70-46-24-22-45(23-25-46)41-88-66(87)72-53-28-26-51-58-47(53)16-10-18-49(58)62(83)76(64(51)85)37-35-73(2)32-13-33-74(3)36-38-77-63(84)50-19-11-17-48-55(75-34-31-67-42-75)29-27-52(59(48)50)65(77)86/h4,6-7,10-12,14-19,21-29,31,34,39,42-43,54H,5,8-9,13,20,30,32-33,35-38,40-41H2,1-3H3,(H,68,79)(H,69,80)(H,70,82)(H,71,81)(H,72,87)/b21-12-/t43?,54-/m0/s1. The van der Waals surface area contributed by atoms with E-state index in [1.165, 1.54) is 16.7 Å². The molecule has 22 nitrogen and oxygen atoms in total. The third-order valence-corrected chi connectivity index (χ3v) is 15.5. The number of amides is 9. The van der Waals surface area contributed by atoms with Gasteiger partial charge >= 0.3 is 6.09 Å². The topological polar surface area (TPSA) is 271 Å². The van der Waals surface area contributed by atoms with E-state index in [1.54, 1.807) is 79.3 Å². The van der Waals surface area contributed by atoms with Gasteiger partial charge < -0.3 is 40.4 Å². The van der Waals surface area contributed by atoms with Crippen LogP contribution < -0.4 is 26.6 Å². The van der Waals surface area contributed by atoms with Gasteiger partial charge in [0.05, 0.1) is 17.7 Å². The van der Waals surface area contributed by atoms with Gasteiger partial charge in [-0.25, -0.2) is 9.78 Å². The number of carbonyl (C=O) groups is 10. The van der Waals surface area contributed by atoms with E-state index in [4.69, 9.17) is 4.74 Å². The molecule has 2 aliphatic heterocycles. The van der Waals surface area contributed by atoms with Gasteiger partial charge in [-0.05, 0) is 119 Å². The number of hydrogen-bond donors (Lipinski definition) is 5. The van der Waals surface area contributed by atoms with Crippen LogP contribution in [-0.2, 0) is 41.7 Å². The van der Waals surface area contributed by atoms with Crippen molar-refractivity contribution in [3.05, 3.63) is 180 Å². The first kappa shape index (κ1) is 62.3. The highest BCUT2D eigenvalue weighted by atomic mass is 16.5. The third-order valence-electron chi connectivity index (χ3n) is 15.5. The van der Waals surface area contributed by atoms with Crippen LogP contribution in [-0.4, -0.2) is 161 Å². The number of nitrogens with zero attached hydrogens (tertiary/aromatic N) is 6. The molecule has 22 heteroatoms. The van der Waals surface area contributed by atoms with Gasteiger partial charge in [0.15, 0.2) is 0 Å². The van der Waals surface area contributed by atoms with E-state index in [0.29, 0.717) is 114 Å². The largest absolute Gasteiger partial charge is 0.444 e. The number of anilines is 2. The lowest BCUT2D eigenvalue weighted by Crippen LogP contribution is -2.52. The zero-order valence-electron chi connectivity index (χ0n) is 49.2. The van der Waals surface area contributed by atoms with E-state index >= 15 is 0 Å². The summed E-state index contributed by atoms with van der Waals surface area (Å²) < 4.78 is 7.43. The molecule has 5 N–H and O–H groups in total. The molecule has 0 saturated heterocycles. The minimum Gasteiger partial charge on any atom is -0.444 e. The maximum Gasteiger partial charge on any atom is 0.411 e. The monoisotopic (exact) mass is 1190 g/mol. The molecule has 2 aliphatic rings. The number of ether oxygens (including phenoxy) is 1. The normalized spacial score (nSPS) is 13.5. The Labute approximate surface area is 508 Å². The Hall–Kier alpha value is -10.2. The summed E-state index contributed by atoms with van der Waals surface area (Å²) in [6.07, 6.45) is 10.0. The van der Waals surface area contributed by atoms with E-state index in [1.807, 2.05) is 78.3 Å². The minimum absolute atomic E-state index is 0.138. The van der Waals surface area contributed by atoms with Crippen molar-refractivity contribution in [1.82, 2.24) is 45.1 Å². The maximum atomic E-state index is 14.0. The summed E-state index contributed by atoms with van der Waals surface area (Å²) in [7, 11) is 3.86. The fourth-order valence-electron chi connectivity index (χ4n) is 10.7. The fraction of sp³-hybridized carbons (Fsp3) is 0.288. The number of nitrogens with one attached hydrogen (secondary N) is 5. The summed E-state index contributed by atoms with van der Waals surface area (Å²) >= 11 is 0. The van der Waals surface area contributed by atoms with Crippen molar-refractivity contribution in [2.45, 2.75) is 64.1 Å². The molecular formula is C66H69N11O11. The number of hydrogen-bond acceptors (Lipinski definition) is 14. The zero-order chi connectivity index (χ0) is 62.3. The van der Waals surface area contributed by atoms with Gasteiger partial charge in [-0.3, -0.25) is 58.3 Å². The van der Waals surface area contributed by atoms with Gasteiger partial charge in [-0.15, -0.1) is 0 Å². The van der Waals surface area contributed by atoms with Crippen LogP contribution in [0.1, 0.15) is 91.6 Å². The van der Waals surface area contributed by atoms with Crippen LogP contribution in [0.25, 0.3) is 27.2 Å². The molecule has 0 saturated carbocycles. The van der Waals surface area contributed by atoms with Crippen LogP contribution in [0.15, 0.2) is 146 Å². The number of imide groups is 2. The van der Waals surface area contributed by atoms with Crippen molar-refractivity contribution in [1.29, 1.82) is 0 Å². The van der Waals surface area contributed by atoms with Crippen molar-refractivity contribution in [3.8, 4) is 5.69 Å². The van der Waals surface area contributed by atoms with Crippen LogP contribution in [0.5, 0.6) is 0 Å². The highest BCUT2D eigenvalue weighted by Gasteiger charge is 2.35. The van der Waals surface area contributed by atoms with Gasteiger partial charge in [0, 0.05) is 114 Å². The smallest absolute Gasteiger partial charge is 0.411 e. The molecule has 7 aromatic rings. The van der Waals surface area contributed by atoms with Gasteiger partial charge in [0.2, 0.25) is 23.6 Å². The average molecular weight is 1190 g/mol. The lowest BCUT2D eigenvalue weighted by Gasteiger charge is -2.30. The van der Waals surface area contributed by atoms with Crippen molar-refractivity contribution in [3.63, 3.8) is 0 Å². The average Bonchev–Trinajstić information content (AvgIpc) is 1.07. The molecule has 454 valence electrons. The summed E-state index contributed by atoms with van der Waals surface area (Å²) in [4.78, 5) is 141. The number of likely N-dealkylation sites (N-methyl/N-ethyl adjacent to an activating group) is 2. The number of imidazole rings is 1. The number of allylic oxidation sites excluding steroid dienone is 1.